The molecule has 9 heteroatoms. The number of aryl methyl sites for hydroxylation is 2. The summed E-state index contributed by atoms with van der Waals surface area (Å²) in [7, 11) is -3.65. The van der Waals surface area contributed by atoms with Crippen LogP contribution < -0.4 is 5.32 Å². The van der Waals surface area contributed by atoms with E-state index < -0.39 is 10.0 Å². The van der Waals surface area contributed by atoms with Gasteiger partial charge in [0.15, 0.2) is 0 Å². The van der Waals surface area contributed by atoms with Crippen molar-refractivity contribution >= 4 is 44.8 Å². The van der Waals surface area contributed by atoms with E-state index in [1.54, 1.807) is 0 Å². The van der Waals surface area contributed by atoms with Crippen molar-refractivity contribution in [3.63, 3.8) is 0 Å². The molecule has 2 aromatic rings. The molecule has 1 fully saturated rings. The fraction of sp³-hybridized carbons (Fsp3) is 0.350. The summed E-state index contributed by atoms with van der Waals surface area (Å²) in [6.07, 6.45) is 0. The lowest BCUT2D eigenvalue weighted by molar-refractivity contribution is -0.117. The number of nitrogens with one attached hydrogen (secondary N) is 1. The van der Waals surface area contributed by atoms with Crippen LogP contribution in [0.2, 0.25) is 10.0 Å². The van der Waals surface area contributed by atoms with Crippen LogP contribution in [0.15, 0.2) is 41.3 Å². The third-order valence-electron chi connectivity index (χ3n) is 4.97. The molecule has 6 nitrogen and oxygen atoms in total. The quantitative estimate of drug-likeness (QED) is 0.747. The van der Waals surface area contributed by atoms with Crippen LogP contribution in [0.3, 0.4) is 0 Å². The van der Waals surface area contributed by atoms with E-state index in [-0.39, 0.29) is 22.4 Å². The van der Waals surface area contributed by atoms with E-state index in [9.17, 15) is 13.2 Å². The zero-order valence-corrected chi connectivity index (χ0v) is 18.6. The van der Waals surface area contributed by atoms with Gasteiger partial charge in [0, 0.05) is 31.9 Å². The predicted octanol–water partition coefficient (Wildman–Crippen LogP) is 3.56. The number of rotatable bonds is 5. The molecule has 1 heterocycles. The monoisotopic (exact) mass is 455 g/mol. The first-order valence-electron chi connectivity index (χ1n) is 9.22. The Morgan fingerprint density at radius 1 is 1.00 bits per heavy atom. The van der Waals surface area contributed by atoms with Crippen LogP contribution in [-0.4, -0.2) is 56.3 Å². The number of hydrogen-bond donors (Lipinski definition) is 1. The van der Waals surface area contributed by atoms with Gasteiger partial charge < -0.3 is 5.32 Å². The van der Waals surface area contributed by atoms with Crippen LogP contribution in [0.25, 0.3) is 0 Å². The van der Waals surface area contributed by atoms with E-state index in [1.165, 1.54) is 22.5 Å². The molecule has 0 unspecified atom stereocenters. The van der Waals surface area contributed by atoms with Crippen molar-refractivity contribution in [3.05, 3.63) is 57.6 Å². The highest BCUT2D eigenvalue weighted by Crippen LogP contribution is 2.27. The van der Waals surface area contributed by atoms with E-state index in [4.69, 9.17) is 23.2 Å². The Morgan fingerprint density at radius 2 is 1.62 bits per heavy atom. The smallest absolute Gasteiger partial charge is 0.243 e. The molecule has 29 heavy (non-hydrogen) atoms. The number of carbonyl (C=O) groups is 1. The maximum Gasteiger partial charge on any atom is 0.243 e. The first kappa shape index (κ1) is 22.1. The number of para-hydroxylation sites is 1. The van der Waals surface area contributed by atoms with Gasteiger partial charge in [-0.3, -0.25) is 9.69 Å². The van der Waals surface area contributed by atoms with Crippen molar-refractivity contribution in [2.24, 2.45) is 0 Å². The van der Waals surface area contributed by atoms with Gasteiger partial charge in [-0.1, -0.05) is 41.4 Å². The molecule has 1 aliphatic heterocycles. The van der Waals surface area contributed by atoms with E-state index in [0.717, 1.165) is 16.8 Å². The van der Waals surface area contributed by atoms with Gasteiger partial charge >= 0.3 is 0 Å². The molecule has 2 aromatic carbocycles. The Morgan fingerprint density at radius 3 is 2.21 bits per heavy atom. The van der Waals surface area contributed by atoms with Crippen molar-refractivity contribution in [1.29, 1.82) is 0 Å². The van der Waals surface area contributed by atoms with Gasteiger partial charge in [-0.05, 0) is 43.2 Å². The summed E-state index contributed by atoms with van der Waals surface area (Å²) in [5.41, 5.74) is 2.85. The number of carbonyl (C=O) groups excluding carboxylic acids is 1. The molecule has 0 saturated carbocycles. The van der Waals surface area contributed by atoms with Gasteiger partial charge in [-0.2, -0.15) is 4.31 Å². The molecule has 1 saturated heterocycles. The lowest BCUT2D eigenvalue weighted by atomic mass is 10.1. The molecule has 156 valence electrons. The zero-order valence-electron chi connectivity index (χ0n) is 16.3. The molecule has 1 aliphatic rings. The molecule has 0 aliphatic carbocycles. The Bertz CT molecular complexity index is 999. The predicted molar refractivity (Wildman–Crippen MR) is 116 cm³/mol. The second-order valence-corrected chi connectivity index (χ2v) is 9.82. The van der Waals surface area contributed by atoms with Crippen LogP contribution in [-0.2, 0) is 14.8 Å². The van der Waals surface area contributed by atoms with E-state index in [0.29, 0.717) is 31.2 Å². The second-order valence-electron chi connectivity index (χ2n) is 7.07. The highest BCUT2D eigenvalue weighted by atomic mass is 35.5. The fourth-order valence-electron chi connectivity index (χ4n) is 3.31. The normalized spacial score (nSPS) is 16.0. The SMILES string of the molecule is Cc1cccc(C)c1NC(=O)CN1CCN(S(=O)(=O)c2ccc(Cl)c(Cl)c2)CC1. The number of halogens is 2. The summed E-state index contributed by atoms with van der Waals surface area (Å²) in [6.45, 7) is 5.68. The van der Waals surface area contributed by atoms with Gasteiger partial charge in [-0.25, -0.2) is 8.42 Å². The third-order valence-corrected chi connectivity index (χ3v) is 7.61. The molecular formula is C20H23Cl2N3O3S. The lowest BCUT2D eigenvalue weighted by Crippen LogP contribution is -2.50. The topological polar surface area (TPSA) is 69.7 Å². The second kappa shape index (κ2) is 9.02. The van der Waals surface area contributed by atoms with Crippen molar-refractivity contribution in [1.82, 2.24) is 9.21 Å². The van der Waals surface area contributed by atoms with E-state index >= 15 is 0 Å². The van der Waals surface area contributed by atoms with Crippen LogP contribution in [0, 0.1) is 13.8 Å². The fourth-order valence-corrected chi connectivity index (χ4v) is 5.12. The maximum atomic E-state index is 12.8. The lowest BCUT2D eigenvalue weighted by Gasteiger charge is -2.33. The minimum Gasteiger partial charge on any atom is -0.324 e. The summed E-state index contributed by atoms with van der Waals surface area (Å²) in [6, 6.07) is 10.2. The van der Waals surface area contributed by atoms with Gasteiger partial charge in [-0.15, -0.1) is 0 Å². The van der Waals surface area contributed by atoms with Crippen molar-refractivity contribution in [2.75, 3.05) is 38.0 Å². The van der Waals surface area contributed by atoms with Crippen LogP contribution in [0.1, 0.15) is 11.1 Å². The van der Waals surface area contributed by atoms with Crippen LogP contribution >= 0.6 is 23.2 Å². The number of piperazine rings is 1. The molecule has 0 aromatic heterocycles. The highest BCUT2D eigenvalue weighted by molar-refractivity contribution is 7.89. The summed E-state index contributed by atoms with van der Waals surface area (Å²) in [5, 5.41) is 3.48. The Labute approximate surface area is 181 Å². The summed E-state index contributed by atoms with van der Waals surface area (Å²) < 4.78 is 27.1. The number of sulfonamides is 1. The number of hydrogen-bond acceptors (Lipinski definition) is 4. The van der Waals surface area contributed by atoms with Gasteiger partial charge in [0.1, 0.15) is 0 Å². The molecule has 0 radical (unpaired) electrons. The first-order valence-corrected chi connectivity index (χ1v) is 11.4. The van der Waals surface area contributed by atoms with Gasteiger partial charge in [0.25, 0.3) is 0 Å². The molecule has 0 spiro atoms. The summed E-state index contributed by atoms with van der Waals surface area (Å²) in [5.74, 6) is -0.108. The summed E-state index contributed by atoms with van der Waals surface area (Å²) >= 11 is 11.8. The highest BCUT2D eigenvalue weighted by Gasteiger charge is 2.29. The first-order chi connectivity index (χ1) is 13.7. The van der Waals surface area contributed by atoms with Gasteiger partial charge in [0.05, 0.1) is 21.5 Å². The largest absolute Gasteiger partial charge is 0.324 e. The van der Waals surface area contributed by atoms with Crippen molar-refractivity contribution in [3.8, 4) is 0 Å². The summed E-state index contributed by atoms with van der Waals surface area (Å²) in [4.78, 5) is 14.5. The molecule has 0 atom stereocenters. The molecule has 1 amide bonds. The van der Waals surface area contributed by atoms with Crippen molar-refractivity contribution in [2.45, 2.75) is 18.7 Å². The Balaban J connectivity index is 1.59. The number of anilines is 1. The Kier molecular flexibility index (Phi) is 6.86. The minimum atomic E-state index is -3.65. The van der Waals surface area contributed by atoms with Crippen molar-refractivity contribution < 1.29 is 13.2 Å². The van der Waals surface area contributed by atoms with Gasteiger partial charge in [0.2, 0.25) is 15.9 Å². The average molecular weight is 456 g/mol. The molecule has 0 bridgehead atoms. The maximum absolute atomic E-state index is 12.8. The Hall–Kier alpha value is -1.64. The molecular weight excluding hydrogens is 433 g/mol. The number of benzene rings is 2. The van der Waals surface area contributed by atoms with E-state index in [2.05, 4.69) is 5.32 Å². The standard InChI is InChI=1S/C20H23Cl2N3O3S/c1-14-4-3-5-15(2)20(14)23-19(26)13-24-8-10-25(11-9-24)29(27,28)16-6-7-17(21)18(22)12-16/h3-7,12H,8-11,13H2,1-2H3,(H,23,26). The number of amides is 1. The van der Waals surface area contributed by atoms with Crippen LogP contribution in [0.4, 0.5) is 5.69 Å². The third kappa shape index (κ3) is 5.10. The van der Waals surface area contributed by atoms with E-state index in [1.807, 2.05) is 36.9 Å². The average Bonchev–Trinajstić information content (AvgIpc) is 2.67. The molecule has 3 rings (SSSR count). The minimum absolute atomic E-state index is 0.108. The zero-order chi connectivity index (χ0) is 21.2. The van der Waals surface area contributed by atoms with Crippen LogP contribution in [0.5, 0.6) is 0 Å². The number of nitrogens with zero attached hydrogens (tertiary/aromatic N) is 2. The molecule has 1 N–H and O–H groups in total.